The number of amides is 1. The van der Waals surface area contributed by atoms with Crippen molar-refractivity contribution < 1.29 is 19.4 Å². The van der Waals surface area contributed by atoms with Crippen LogP contribution in [0.5, 0.6) is 0 Å². The molecule has 0 aliphatic rings. The number of carbonyl (C=O) groups is 2. The van der Waals surface area contributed by atoms with Crippen LogP contribution in [0.15, 0.2) is 24.3 Å². The van der Waals surface area contributed by atoms with Crippen LogP contribution >= 0.6 is 0 Å². The molecule has 0 spiro atoms. The number of aryl methyl sites for hydroxylation is 1. The van der Waals surface area contributed by atoms with Crippen molar-refractivity contribution in [2.75, 3.05) is 0 Å². The van der Waals surface area contributed by atoms with Gasteiger partial charge in [0.05, 0.1) is 0 Å². The summed E-state index contributed by atoms with van der Waals surface area (Å²) >= 11 is 0. The van der Waals surface area contributed by atoms with Crippen molar-refractivity contribution in [1.29, 1.82) is 0 Å². The lowest BCUT2D eigenvalue weighted by Gasteiger charge is -2.22. The number of rotatable bonds is 6. The van der Waals surface area contributed by atoms with E-state index in [1.54, 1.807) is 20.8 Å². The van der Waals surface area contributed by atoms with Crippen LogP contribution in [-0.2, 0) is 21.4 Å². The third-order valence-corrected chi connectivity index (χ3v) is 3.77. The van der Waals surface area contributed by atoms with Gasteiger partial charge < -0.3 is 15.2 Å². The van der Waals surface area contributed by atoms with Crippen LogP contribution in [0.4, 0.5) is 4.79 Å². The Morgan fingerprint density at radius 1 is 1.08 bits per heavy atom. The fraction of sp³-hybridized carbons (Fsp3) is 0.600. The van der Waals surface area contributed by atoms with E-state index in [0.29, 0.717) is 12.8 Å². The summed E-state index contributed by atoms with van der Waals surface area (Å²) in [5.41, 5.74) is 1.90. The summed E-state index contributed by atoms with van der Waals surface area (Å²) in [6, 6.07) is 7.45. The molecule has 0 radical (unpaired) electrons. The average Bonchev–Trinajstić information content (AvgIpc) is 2.43. The maximum Gasteiger partial charge on any atom is 0.408 e. The predicted molar refractivity (Wildman–Crippen MR) is 98.9 cm³/mol. The van der Waals surface area contributed by atoms with Crippen LogP contribution in [-0.4, -0.2) is 28.8 Å². The third kappa shape index (κ3) is 8.05. The number of aliphatic carboxylic acids is 1. The number of alkyl carbamates (subject to hydrolysis) is 1. The molecular formula is C20H31NO4. The van der Waals surface area contributed by atoms with Gasteiger partial charge in [0.25, 0.3) is 0 Å². The van der Waals surface area contributed by atoms with Gasteiger partial charge in [-0.05, 0) is 56.6 Å². The number of hydrogen-bond acceptors (Lipinski definition) is 3. The van der Waals surface area contributed by atoms with Gasteiger partial charge in [0.2, 0.25) is 0 Å². The molecule has 0 fully saturated rings. The monoisotopic (exact) mass is 349 g/mol. The highest BCUT2D eigenvalue weighted by Gasteiger charge is 2.23. The second-order valence-electron chi connectivity index (χ2n) is 8.38. The van der Waals surface area contributed by atoms with Gasteiger partial charge in [-0.1, -0.05) is 45.0 Å². The van der Waals surface area contributed by atoms with E-state index in [-0.39, 0.29) is 5.41 Å². The van der Waals surface area contributed by atoms with Crippen LogP contribution < -0.4 is 5.32 Å². The van der Waals surface area contributed by atoms with E-state index in [2.05, 4.69) is 50.4 Å². The first-order chi connectivity index (χ1) is 11.4. The molecule has 1 amide bonds. The molecule has 140 valence electrons. The number of ether oxygens (including phenoxy) is 1. The highest BCUT2D eigenvalue weighted by molar-refractivity contribution is 5.79. The zero-order valence-corrected chi connectivity index (χ0v) is 16.2. The Morgan fingerprint density at radius 3 is 2.08 bits per heavy atom. The number of carboxylic acid groups (broad SMARTS) is 1. The first-order valence-electron chi connectivity index (χ1n) is 8.70. The van der Waals surface area contributed by atoms with Crippen molar-refractivity contribution in [3.63, 3.8) is 0 Å². The number of carboxylic acids is 1. The fourth-order valence-electron chi connectivity index (χ4n) is 2.39. The second kappa shape index (κ2) is 8.37. The second-order valence-corrected chi connectivity index (χ2v) is 8.38. The van der Waals surface area contributed by atoms with Crippen molar-refractivity contribution in [2.45, 2.75) is 77.9 Å². The van der Waals surface area contributed by atoms with Crippen molar-refractivity contribution in [3.05, 3.63) is 35.4 Å². The van der Waals surface area contributed by atoms with Crippen LogP contribution in [0.2, 0.25) is 0 Å². The van der Waals surface area contributed by atoms with Crippen LogP contribution in [0, 0.1) is 0 Å². The van der Waals surface area contributed by atoms with Crippen LogP contribution in [0.3, 0.4) is 0 Å². The number of carbonyl (C=O) groups excluding carboxylic acids is 1. The van der Waals surface area contributed by atoms with Gasteiger partial charge in [-0.3, -0.25) is 0 Å². The van der Waals surface area contributed by atoms with Crippen molar-refractivity contribution in [2.24, 2.45) is 0 Å². The Hall–Kier alpha value is -2.04. The van der Waals surface area contributed by atoms with Crippen molar-refractivity contribution >= 4 is 12.1 Å². The standard InChI is InChI=1S/C20H31NO4/c1-19(2,3)15-12-10-14(11-13-15)8-7-9-16(17(22)23)21-18(24)25-20(4,5)6/h10-13,16H,7-9H2,1-6H3,(H,21,24)(H,22,23). The Morgan fingerprint density at radius 2 is 1.64 bits per heavy atom. The SMILES string of the molecule is CC(C)(C)OC(=O)NC(CCCc1ccc(C(C)(C)C)cc1)C(=O)O. The molecule has 0 aliphatic carbocycles. The topological polar surface area (TPSA) is 75.6 Å². The molecular weight excluding hydrogens is 318 g/mol. The van der Waals surface area contributed by atoms with E-state index >= 15 is 0 Å². The zero-order chi connectivity index (χ0) is 19.3. The van der Waals surface area contributed by atoms with E-state index in [1.807, 2.05) is 0 Å². The molecule has 1 aromatic rings. The van der Waals surface area contributed by atoms with Crippen LogP contribution in [0.1, 0.15) is 65.5 Å². The Bertz CT molecular complexity index is 579. The molecule has 0 saturated carbocycles. The van der Waals surface area contributed by atoms with E-state index in [0.717, 1.165) is 12.0 Å². The highest BCUT2D eigenvalue weighted by Crippen LogP contribution is 2.22. The van der Waals surface area contributed by atoms with Gasteiger partial charge in [-0.15, -0.1) is 0 Å². The first kappa shape index (κ1) is 21.0. The van der Waals surface area contributed by atoms with Crippen LogP contribution in [0.25, 0.3) is 0 Å². The molecule has 5 heteroatoms. The normalized spacial score (nSPS) is 13.2. The summed E-state index contributed by atoms with van der Waals surface area (Å²) in [6.07, 6.45) is 1.09. The summed E-state index contributed by atoms with van der Waals surface area (Å²) in [5.74, 6) is -1.05. The summed E-state index contributed by atoms with van der Waals surface area (Å²) in [6.45, 7) is 11.7. The van der Waals surface area contributed by atoms with E-state index in [9.17, 15) is 14.7 Å². The quantitative estimate of drug-likeness (QED) is 0.803. The number of nitrogens with one attached hydrogen (secondary N) is 1. The van der Waals surface area contributed by atoms with Gasteiger partial charge >= 0.3 is 12.1 Å². The minimum Gasteiger partial charge on any atom is -0.480 e. The number of hydrogen-bond donors (Lipinski definition) is 2. The number of benzene rings is 1. The first-order valence-corrected chi connectivity index (χ1v) is 8.70. The van der Waals surface area contributed by atoms with E-state index < -0.39 is 23.7 Å². The lowest BCUT2D eigenvalue weighted by atomic mass is 9.86. The van der Waals surface area contributed by atoms with Gasteiger partial charge in [-0.25, -0.2) is 9.59 Å². The summed E-state index contributed by atoms with van der Waals surface area (Å²) in [4.78, 5) is 23.1. The van der Waals surface area contributed by atoms with E-state index in [1.165, 1.54) is 5.56 Å². The molecule has 1 rings (SSSR count). The molecule has 1 unspecified atom stereocenters. The lowest BCUT2D eigenvalue weighted by molar-refractivity contribution is -0.139. The van der Waals surface area contributed by atoms with Gasteiger partial charge in [0.1, 0.15) is 11.6 Å². The maximum atomic E-state index is 11.7. The third-order valence-electron chi connectivity index (χ3n) is 3.77. The molecule has 0 bridgehead atoms. The molecule has 0 aromatic heterocycles. The summed E-state index contributed by atoms with van der Waals surface area (Å²) < 4.78 is 5.11. The largest absolute Gasteiger partial charge is 0.480 e. The minimum absolute atomic E-state index is 0.115. The highest BCUT2D eigenvalue weighted by atomic mass is 16.6. The lowest BCUT2D eigenvalue weighted by Crippen LogP contribution is -2.43. The fourth-order valence-corrected chi connectivity index (χ4v) is 2.39. The van der Waals surface area contributed by atoms with Gasteiger partial charge in [0.15, 0.2) is 0 Å². The molecule has 2 N–H and O–H groups in total. The Kier molecular flexibility index (Phi) is 7.03. The average molecular weight is 349 g/mol. The van der Waals surface area contributed by atoms with E-state index in [4.69, 9.17) is 4.74 Å². The molecule has 0 aliphatic heterocycles. The maximum absolute atomic E-state index is 11.7. The molecule has 5 nitrogen and oxygen atoms in total. The minimum atomic E-state index is -1.05. The zero-order valence-electron chi connectivity index (χ0n) is 16.2. The van der Waals surface area contributed by atoms with Crippen molar-refractivity contribution in [1.82, 2.24) is 5.32 Å². The predicted octanol–water partition coefficient (Wildman–Crippen LogP) is 4.28. The Balaban J connectivity index is 2.53. The molecule has 1 aromatic carbocycles. The molecule has 0 saturated heterocycles. The Labute approximate surface area is 150 Å². The smallest absolute Gasteiger partial charge is 0.408 e. The summed E-state index contributed by atoms with van der Waals surface area (Å²) in [5, 5.41) is 11.7. The molecule has 0 heterocycles. The summed E-state index contributed by atoms with van der Waals surface area (Å²) in [7, 11) is 0. The van der Waals surface area contributed by atoms with Gasteiger partial charge in [-0.2, -0.15) is 0 Å². The van der Waals surface area contributed by atoms with Gasteiger partial charge in [0, 0.05) is 0 Å². The molecule has 25 heavy (non-hydrogen) atoms. The van der Waals surface area contributed by atoms with Crippen molar-refractivity contribution in [3.8, 4) is 0 Å². The molecule has 1 atom stereocenters.